The highest BCUT2D eigenvalue weighted by Crippen LogP contribution is 2.18. The number of sulfonamides is 1. The molecule has 1 aliphatic rings. The molecule has 2 rings (SSSR count). The van der Waals surface area contributed by atoms with E-state index in [0.29, 0.717) is 38.3 Å². The van der Waals surface area contributed by atoms with Crippen molar-refractivity contribution in [3.63, 3.8) is 0 Å². The van der Waals surface area contributed by atoms with Crippen molar-refractivity contribution in [2.45, 2.75) is 18.7 Å². The fraction of sp³-hybridized carbons (Fsp3) is 0.467. The minimum Gasteiger partial charge on any atom is -0.299 e. The molecule has 0 radical (unpaired) electrons. The molecule has 1 aromatic carbocycles. The van der Waals surface area contributed by atoms with Gasteiger partial charge in [-0.25, -0.2) is 8.42 Å². The molecule has 7 heteroatoms. The zero-order valence-corrected chi connectivity index (χ0v) is 13.6. The van der Waals surface area contributed by atoms with Gasteiger partial charge in [-0.15, -0.1) is 0 Å². The van der Waals surface area contributed by atoms with Crippen molar-refractivity contribution in [1.29, 1.82) is 0 Å². The quantitative estimate of drug-likeness (QED) is 0.749. The Kier molecular flexibility index (Phi) is 5.10. The summed E-state index contributed by atoms with van der Waals surface area (Å²) in [5.74, 6) is -0.0158. The maximum atomic E-state index is 12.6. The van der Waals surface area contributed by atoms with Crippen LogP contribution in [-0.2, 0) is 14.8 Å². The van der Waals surface area contributed by atoms with Gasteiger partial charge in [-0.3, -0.25) is 14.5 Å². The molecule has 0 aromatic heterocycles. The van der Waals surface area contributed by atoms with Crippen molar-refractivity contribution in [3.05, 3.63) is 29.8 Å². The summed E-state index contributed by atoms with van der Waals surface area (Å²) in [4.78, 5) is 24.5. The molecule has 0 atom stereocenters. The number of piperazine rings is 1. The number of nitrogens with zero attached hydrogens (tertiary/aromatic N) is 2. The molecule has 0 aliphatic carbocycles. The molecular formula is C15H20N2O4S. The maximum absolute atomic E-state index is 12.6. The van der Waals surface area contributed by atoms with Crippen molar-refractivity contribution in [2.24, 2.45) is 0 Å². The molecular weight excluding hydrogens is 304 g/mol. The van der Waals surface area contributed by atoms with Crippen molar-refractivity contribution in [2.75, 3.05) is 32.7 Å². The van der Waals surface area contributed by atoms with Gasteiger partial charge in [0.2, 0.25) is 10.0 Å². The predicted octanol–water partition coefficient (Wildman–Crippen LogP) is 0.784. The highest BCUT2D eigenvalue weighted by Gasteiger charge is 2.28. The standard InChI is InChI=1S/C15H20N2O4S/c1-12(18)11-16-7-9-17(10-8-16)22(20,21)15-5-3-14(4-6-15)13(2)19/h3-6H,7-11H2,1-2H3. The number of carbonyl (C=O) groups is 2. The molecule has 1 aromatic rings. The Balaban J connectivity index is 2.08. The number of rotatable bonds is 5. The highest BCUT2D eigenvalue weighted by molar-refractivity contribution is 7.89. The molecule has 1 fully saturated rings. The molecule has 0 unspecified atom stereocenters. The fourth-order valence-electron chi connectivity index (χ4n) is 2.45. The molecule has 22 heavy (non-hydrogen) atoms. The predicted molar refractivity (Wildman–Crippen MR) is 82.3 cm³/mol. The molecule has 0 N–H and O–H groups in total. The molecule has 0 amide bonds. The van der Waals surface area contributed by atoms with Crippen molar-refractivity contribution in [3.8, 4) is 0 Å². The lowest BCUT2D eigenvalue weighted by atomic mass is 10.2. The van der Waals surface area contributed by atoms with Gasteiger partial charge in [0, 0.05) is 31.7 Å². The third-order valence-electron chi connectivity index (χ3n) is 3.68. The van der Waals surface area contributed by atoms with Gasteiger partial charge in [0.25, 0.3) is 0 Å². The summed E-state index contributed by atoms with van der Waals surface area (Å²) < 4.78 is 26.5. The second-order valence-electron chi connectivity index (χ2n) is 5.46. The van der Waals surface area contributed by atoms with Gasteiger partial charge < -0.3 is 0 Å². The first-order valence-corrected chi connectivity index (χ1v) is 8.57. The van der Waals surface area contributed by atoms with E-state index >= 15 is 0 Å². The van der Waals surface area contributed by atoms with Crippen LogP contribution < -0.4 is 0 Å². The first kappa shape index (κ1) is 16.8. The Morgan fingerprint density at radius 1 is 1.00 bits per heavy atom. The average Bonchev–Trinajstić information content (AvgIpc) is 2.47. The molecule has 0 bridgehead atoms. The SMILES string of the molecule is CC(=O)CN1CCN(S(=O)(=O)c2ccc(C(C)=O)cc2)CC1. The van der Waals surface area contributed by atoms with Crippen LogP contribution in [0.1, 0.15) is 24.2 Å². The smallest absolute Gasteiger partial charge is 0.243 e. The third-order valence-corrected chi connectivity index (χ3v) is 5.59. The maximum Gasteiger partial charge on any atom is 0.243 e. The summed E-state index contributed by atoms with van der Waals surface area (Å²) in [6.07, 6.45) is 0. The normalized spacial score (nSPS) is 17.4. The monoisotopic (exact) mass is 324 g/mol. The fourth-order valence-corrected chi connectivity index (χ4v) is 3.88. The number of Topliss-reactive ketones (excluding diaryl/α,β-unsaturated/α-hetero) is 2. The van der Waals surface area contributed by atoms with E-state index < -0.39 is 10.0 Å². The van der Waals surface area contributed by atoms with Gasteiger partial charge in [-0.2, -0.15) is 4.31 Å². The van der Waals surface area contributed by atoms with E-state index in [1.54, 1.807) is 0 Å². The lowest BCUT2D eigenvalue weighted by molar-refractivity contribution is -0.118. The van der Waals surface area contributed by atoms with Crippen LogP contribution >= 0.6 is 0 Å². The van der Waals surface area contributed by atoms with Crippen molar-refractivity contribution in [1.82, 2.24) is 9.21 Å². The van der Waals surface area contributed by atoms with Crippen LogP contribution in [0.4, 0.5) is 0 Å². The minimum atomic E-state index is -3.55. The Morgan fingerprint density at radius 3 is 2.00 bits per heavy atom. The van der Waals surface area contributed by atoms with Crippen LogP contribution in [0.2, 0.25) is 0 Å². The van der Waals surface area contributed by atoms with Gasteiger partial charge in [0.05, 0.1) is 11.4 Å². The van der Waals surface area contributed by atoms with Crippen LogP contribution in [0.5, 0.6) is 0 Å². The van der Waals surface area contributed by atoms with E-state index in [-0.39, 0.29) is 16.5 Å². The lowest BCUT2D eigenvalue weighted by Gasteiger charge is -2.33. The van der Waals surface area contributed by atoms with Gasteiger partial charge in [-0.1, -0.05) is 12.1 Å². The second-order valence-corrected chi connectivity index (χ2v) is 7.40. The largest absolute Gasteiger partial charge is 0.299 e. The lowest BCUT2D eigenvalue weighted by Crippen LogP contribution is -2.49. The van der Waals surface area contributed by atoms with Gasteiger partial charge in [-0.05, 0) is 26.0 Å². The highest BCUT2D eigenvalue weighted by atomic mass is 32.2. The molecule has 0 spiro atoms. The van der Waals surface area contributed by atoms with E-state index in [0.717, 1.165) is 0 Å². The summed E-state index contributed by atoms with van der Waals surface area (Å²) in [6.45, 7) is 5.15. The Bertz CT molecular complexity index is 659. The van der Waals surface area contributed by atoms with E-state index in [1.165, 1.54) is 42.4 Å². The number of hydrogen-bond donors (Lipinski definition) is 0. The van der Waals surface area contributed by atoms with Crippen LogP contribution in [0.3, 0.4) is 0 Å². The summed E-state index contributed by atoms with van der Waals surface area (Å²) in [5, 5.41) is 0. The number of ketones is 2. The van der Waals surface area contributed by atoms with E-state index in [4.69, 9.17) is 0 Å². The summed E-state index contributed by atoms with van der Waals surface area (Å²) in [6, 6.07) is 5.99. The van der Waals surface area contributed by atoms with Crippen molar-refractivity contribution < 1.29 is 18.0 Å². The Hall–Kier alpha value is -1.57. The van der Waals surface area contributed by atoms with Crippen LogP contribution in [0.25, 0.3) is 0 Å². The van der Waals surface area contributed by atoms with Gasteiger partial charge >= 0.3 is 0 Å². The summed E-state index contributed by atoms with van der Waals surface area (Å²) in [7, 11) is -3.55. The molecule has 1 saturated heterocycles. The van der Waals surface area contributed by atoms with E-state index in [2.05, 4.69) is 0 Å². The Labute approximate surface area is 130 Å². The summed E-state index contributed by atoms with van der Waals surface area (Å²) >= 11 is 0. The molecule has 1 heterocycles. The molecule has 6 nitrogen and oxygen atoms in total. The molecule has 120 valence electrons. The van der Waals surface area contributed by atoms with E-state index in [9.17, 15) is 18.0 Å². The molecule has 0 saturated carbocycles. The first-order chi connectivity index (χ1) is 10.3. The zero-order valence-electron chi connectivity index (χ0n) is 12.8. The summed E-state index contributed by atoms with van der Waals surface area (Å²) in [5.41, 5.74) is 0.491. The van der Waals surface area contributed by atoms with Gasteiger partial charge in [0.1, 0.15) is 5.78 Å². The average molecular weight is 324 g/mol. The number of carbonyl (C=O) groups excluding carboxylic acids is 2. The van der Waals surface area contributed by atoms with E-state index in [1.807, 2.05) is 4.90 Å². The topological polar surface area (TPSA) is 74.8 Å². The Morgan fingerprint density at radius 2 is 1.55 bits per heavy atom. The minimum absolute atomic E-state index is 0.0797. The van der Waals surface area contributed by atoms with Crippen molar-refractivity contribution >= 4 is 21.6 Å². The number of hydrogen-bond acceptors (Lipinski definition) is 5. The van der Waals surface area contributed by atoms with Crippen LogP contribution in [0, 0.1) is 0 Å². The second kappa shape index (κ2) is 6.68. The zero-order chi connectivity index (χ0) is 16.3. The molecule has 1 aliphatic heterocycles. The van der Waals surface area contributed by atoms with Crippen LogP contribution in [-0.4, -0.2) is 61.9 Å². The van der Waals surface area contributed by atoms with Gasteiger partial charge in [0.15, 0.2) is 5.78 Å². The van der Waals surface area contributed by atoms with Crippen LogP contribution in [0.15, 0.2) is 29.2 Å². The number of benzene rings is 1. The first-order valence-electron chi connectivity index (χ1n) is 7.13. The third kappa shape index (κ3) is 3.79.